The monoisotopic (exact) mass is 305 g/mol. The Morgan fingerprint density at radius 3 is 2.67 bits per heavy atom. The Hall–Kier alpha value is -1.86. The zero-order valence-electron chi connectivity index (χ0n) is 12.1. The van der Waals surface area contributed by atoms with Gasteiger partial charge < -0.3 is 5.73 Å². The van der Waals surface area contributed by atoms with Crippen molar-refractivity contribution in [1.29, 1.82) is 0 Å². The van der Waals surface area contributed by atoms with Gasteiger partial charge in [0.1, 0.15) is 11.9 Å². The number of nitrogens with one attached hydrogen (secondary N) is 1. The standard InChI is InChI=1S/C14H19N5OS/c1-3-17-14(12(15)20,11-7-5-4-6-8-11)9-21-13-16-10-18-19(13)2/h4-8,10,17H,3,9H2,1-2H3,(H2,15,20). The molecule has 0 aliphatic heterocycles. The van der Waals surface area contributed by atoms with E-state index in [-0.39, 0.29) is 0 Å². The lowest BCUT2D eigenvalue weighted by atomic mass is 9.91. The molecule has 7 heteroatoms. The molecule has 0 spiro atoms. The predicted octanol–water partition coefficient (Wildman–Crippen LogP) is 0.898. The van der Waals surface area contributed by atoms with Crippen LogP contribution in [0.15, 0.2) is 41.8 Å². The number of hydrogen-bond donors (Lipinski definition) is 2. The molecule has 0 radical (unpaired) electrons. The fraction of sp³-hybridized carbons (Fsp3) is 0.357. The summed E-state index contributed by atoms with van der Waals surface area (Å²) in [4.78, 5) is 16.3. The maximum absolute atomic E-state index is 12.2. The maximum atomic E-state index is 12.2. The molecule has 3 N–H and O–H groups in total. The van der Waals surface area contributed by atoms with Gasteiger partial charge in [-0.25, -0.2) is 9.67 Å². The zero-order valence-corrected chi connectivity index (χ0v) is 12.9. The molecule has 21 heavy (non-hydrogen) atoms. The molecule has 0 aliphatic rings. The summed E-state index contributed by atoms with van der Waals surface area (Å²) in [7, 11) is 1.82. The fourth-order valence-electron chi connectivity index (χ4n) is 2.15. The number of thioether (sulfide) groups is 1. The molecule has 0 fully saturated rings. The third kappa shape index (κ3) is 3.25. The van der Waals surface area contributed by atoms with Crippen molar-refractivity contribution < 1.29 is 4.79 Å². The number of nitrogens with two attached hydrogens (primary N) is 1. The van der Waals surface area contributed by atoms with E-state index in [0.717, 1.165) is 10.7 Å². The lowest BCUT2D eigenvalue weighted by Crippen LogP contribution is -2.54. The van der Waals surface area contributed by atoms with Gasteiger partial charge in [0, 0.05) is 12.8 Å². The highest BCUT2D eigenvalue weighted by Gasteiger charge is 2.38. The summed E-state index contributed by atoms with van der Waals surface area (Å²) >= 11 is 1.45. The summed E-state index contributed by atoms with van der Waals surface area (Å²) in [5.74, 6) is 0.0532. The van der Waals surface area contributed by atoms with E-state index in [1.54, 1.807) is 4.68 Å². The number of likely N-dealkylation sites (N-methyl/N-ethyl adjacent to an activating group) is 1. The number of primary amides is 1. The number of hydrogen-bond acceptors (Lipinski definition) is 5. The van der Waals surface area contributed by atoms with Crippen LogP contribution in [0, 0.1) is 0 Å². The summed E-state index contributed by atoms with van der Waals surface area (Å²) in [5, 5.41) is 8.01. The van der Waals surface area contributed by atoms with Gasteiger partial charge in [0.2, 0.25) is 5.91 Å². The Kier molecular flexibility index (Phi) is 4.98. The van der Waals surface area contributed by atoms with E-state index in [4.69, 9.17) is 5.73 Å². The molecule has 1 atom stereocenters. The van der Waals surface area contributed by atoms with Gasteiger partial charge in [-0.05, 0) is 12.1 Å². The number of benzene rings is 1. The topological polar surface area (TPSA) is 85.8 Å². The third-order valence-electron chi connectivity index (χ3n) is 3.25. The van der Waals surface area contributed by atoms with E-state index in [1.807, 2.05) is 44.3 Å². The molecule has 1 heterocycles. The van der Waals surface area contributed by atoms with Crippen molar-refractivity contribution in [3.63, 3.8) is 0 Å². The number of aromatic nitrogens is 3. The summed E-state index contributed by atoms with van der Waals surface area (Å²) in [6.45, 7) is 2.59. The van der Waals surface area contributed by atoms with Crippen molar-refractivity contribution in [3.05, 3.63) is 42.2 Å². The molecule has 0 aliphatic carbocycles. The SMILES string of the molecule is CCNC(CSc1ncnn1C)(C(N)=O)c1ccccc1. The quantitative estimate of drug-likeness (QED) is 0.742. The summed E-state index contributed by atoms with van der Waals surface area (Å²) in [6, 6.07) is 9.53. The van der Waals surface area contributed by atoms with Crippen molar-refractivity contribution in [2.75, 3.05) is 12.3 Å². The van der Waals surface area contributed by atoms with Crippen LogP contribution in [0.1, 0.15) is 12.5 Å². The molecule has 0 saturated heterocycles. The molecular weight excluding hydrogens is 286 g/mol. The van der Waals surface area contributed by atoms with Gasteiger partial charge in [0.25, 0.3) is 0 Å². The van der Waals surface area contributed by atoms with Gasteiger partial charge in [-0.15, -0.1) is 0 Å². The minimum Gasteiger partial charge on any atom is -0.368 e. The molecule has 1 aromatic carbocycles. The van der Waals surface area contributed by atoms with E-state index in [1.165, 1.54) is 18.1 Å². The molecule has 1 amide bonds. The first-order chi connectivity index (χ1) is 10.1. The average molecular weight is 305 g/mol. The van der Waals surface area contributed by atoms with Crippen molar-refractivity contribution in [3.8, 4) is 0 Å². The third-order valence-corrected chi connectivity index (χ3v) is 4.46. The Bertz CT molecular complexity index is 600. The molecule has 1 unspecified atom stereocenters. The molecule has 0 saturated carbocycles. The number of rotatable bonds is 7. The zero-order chi connectivity index (χ0) is 15.3. The molecule has 112 valence electrons. The van der Waals surface area contributed by atoms with Crippen LogP contribution in [-0.4, -0.2) is 33.0 Å². The Morgan fingerprint density at radius 2 is 2.14 bits per heavy atom. The lowest BCUT2D eigenvalue weighted by Gasteiger charge is -2.31. The van der Waals surface area contributed by atoms with E-state index in [9.17, 15) is 4.79 Å². The van der Waals surface area contributed by atoms with Crippen molar-refractivity contribution in [2.24, 2.45) is 12.8 Å². The van der Waals surface area contributed by atoms with Crippen LogP contribution in [0.5, 0.6) is 0 Å². The van der Waals surface area contributed by atoms with Crippen molar-refractivity contribution in [2.45, 2.75) is 17.6 Å². The summed E-state index contributed by atoms with van der Waals surface area (Å²) < 4.78 is 1.67. The summed E-state index contributed by atoms with van der Waals surface area (Å²) in [5.41, 5.74) is 5.64. The second kappa shape index (κ2) is 6.73. The van der Waals surface area contributed by atoms with Crippen molar-refractivity contribution in [1.82, 2.24) is 20.1 Å². The van der Waals surface area contributed by atoms with Gasteiger partial charge in [0.15, 0.2) is 5.16 Å². The lowest BCUT2D eigenvalue weighted by molar-refractivity contribution is -0.123. The first-order valence-electron chi connectivity index (χ1n) is 6.67. The van der Waals surface area contributed by atoms with Gasteiger partial charge in [-0.2, -0.15) is 5.10 Å². The number of carbonyl (C=O) groups excluding carboxylic acids is 1. The average Bonchev–Trinajstić information content (AvgIpc) is 2.89. The minimum atomic E-state index is -0.924. The molecule has 1 aromatic heterocycles. The highest BCUT2D eigenvalue weighted by atomic mass is 32.2. The molecular formula is C14H19N5OS. The normalized spacial score (nSPS) is 13.8. The van der Waals surface area contributed by atoms with E-state index in [2.05, 4.69) is 15.4 Å². The first-order valence-corrected chi connectivity index (χ1v) is 7.66. The van der Waals surface area contributed by atoms with Gasteiger partial charge >= 0.3 is 0 Å². The smallest absolute Gasteiger partial charge is 0.243 e. The number of nitrogens with zero attached hydrogens (tertiary/aromatic N) is 3. The number of amides is 1. The first kappa shape index (κ1) is 15.5. The van der Waals surface area contributed by atoms with Gasteiger partial charge in [0.05, 0.1) is 0 Å². The molecule has 2 rings (SSSR count). The molecule has 0 bridgehead atoms. The maximum Gasteiger partial charge on any atom is 0.243 e. The van der Waals surface area contributed by atoms with Crippen LogP contribution in [0.25, 0.3) is 0 Å². The molecule has 2 aromatic rings. The largest absolute Gasteiger partial charge is 0.368 e. The van der Waals surface area contributed by atoms with Crippen LogP contribution in [0.4, 0.5) is 0 Å². The van der Waals surface area contributed by atoms with Crippen LogP contribution in [0.3, 0.4) is 0 Å². The van der Waals surface area contributed by atoms with Crippen molar-refractivity contribution >= 4 is 17.7 Å². The second-order valence-corrected chi connectivity index (χ2v) is 5.56. The molecule has 6 nitrogen and oxygen atoms in total. The number of aryl methyl sites for hydroxylation is 1. The fourth-order valence-corrected chi connectivity index (χ4v) is 3.26. The van der Waals surface area contributed by atoms with Crippen LogP contribution < -0.4 is 11.1 Å². The second-order valence-electron chi connectivity index (χ2n) is 4.62. The Labute approximate surface area is 128 Å². The predicted molar refractivity (Wildman–Crippen MR) is 82.7 cm³/mol. The number of carbonyl (C=O) groups is 1. The van der Waals surface area contributed by atoms with Crippen LogP contribution in [-0.2, 0) is 17.4 Å². The Morgan fingerprint density at radius 1 is 1.43 bits per heavy atom. The van der Waals surface area contributed by atoms with E-state index in [0.29, 0.717) is 12.3 Å². The highest BCUT2D eigenvalue weighted by molar-refractivity contribution is 7.99. The van der Waals surface area contributed by atoms with Crippen LogP contribution in [0.2, 0.25) is 0 Å². The highest BCUT2D eigenvalue weighted by Crippen LogP contribution is 2.28. The van der Waals surface area contributed by atoms with Gasteiger partial charge in [-0.3, -0.25) is 10.1 Å². The van der Waals surface area contributed by atoms with Crippen LogP contribution >= 0.6 is 11.8 Å². The Balaban J connectivity index is 2.31. The van der Waals surface area contributed by atoms with E-state index >= 15 is 0 Å². The van der Waals surface area contributed by atoms with Gasteiger partial charge in [-0.1, -0.05) is 49.0 Å². The summed E-state index contributed by atoms with van der Waals surface area (Å²) in [6.07, 6.45) is 1.49. The van der Waals surface area contributed by atoms with E-state index < -0.39 is 11.4 Å². The minimum absolute atomic E-state index is 0.398.